The average Bonchev–Trinajstić information content (AvgIpc) is 2.64. The zero-order valence-electron chi connectivity index (χ0n) is 14.0. The van der Waals surface area contributed by atoms with E-state index >= 15 is 0 Å². The molecule has 5 nitrogen and oxygen atoms in total. The largest absolute Gasteiger partial charge is 0.368 e. The molecule has 1 heterocycles. The van der Waals surface area contributed by atoms with E-state index in [0.29, 0.717) is 23.7 Å². The van der Waals surface area contributed by atoms with Crippen molar-refractivity contribution in [3.8, 4) is 6.07 Å². The molecule has 26 heavy (non-hydrogen) atoms. The fourth-order valence-corrected chi connectivity index (χ4v) is 4.01. The number of amides is 1. The van der Waals surface area contributed by atoms with Crippen LogP contribution >= 0.6 is 27.5 Å². The summed E-state index contributed by atoms with van der Waals surface area (Å²) in [5.41, 5.74) is 8.20. The maximum absolute atomic E-state index is 12.1. The van der Waals surface area contributed by atoms with E-state index in [1.807, 2.05) is 30.3 Å². The summed E-state index contributed by atoms with van der Waals surface area (Å²) >= 11 is 9.49. The van der Waals surface area contributed by atoms with E-state index in [9.17, 15) is 4.79 Å². The number of hydrogen-bond acceptors (Lipinski definition) is 4. The molecule has 134 valence electrons. The van der Waals surface area contributed by atoms with Gasteiger partial charge < -0.3 is 10.6 Å². The molecule has 1 atom stereocenters. The van der Waals surface area contributed by atoms with Gasteiger partial charge in [-0.15, -0.1) is 0 Å². The van der Waals surface area contributed by atoms with Gasteiger partial charge in [0.15, 0.2) is 0 Å². The van der Waals surface area contributed by atoms with Crippen LogP contribution in [0.1, 0.15) is 17.2 Å². The second-order valence-electron chi connectivity index (χ2n) is 6.16. The van der Waals surface area contributed by atoms with Crippen molar-refractivity contribution in [1.82, 2.24) is 4.90 Å². The Morgan fingerprint density at radius 2 is 1.81 bits per heavy atom. The Morgan fingerprint density at radius 1 is 1.15 bits per heavy atom. The molecule has 1 aliphatic heterocycles. The Kier molecular flexibility index (Phi) is 5.82. The van der Waals surface area contributed by atoms with Crippen LogP contribution < -0.4 is 10.6 Å². The van der Waals surface area contributed by atoms with Gasteiger partial charge in [0.2, 0.25) is 5.91 Å². The van der Waals surface area contributed by atoms with Crippen molar-refractivity contribution in [3.05, 3.63) is 63.1 Å². The van der Waals surface area contributed by atoms with E-state index in [0.717, 1.165) is 28.8 Å². The summed E-state index contributed by atoms with van der Waals surface area (Å²) in [5.74, 6) is -0.361. The van der Waals surface area contributed by atoms with Crippen LogP contribution in [0.3, 0.4) is 0 Å². The minimum atomic E-state index is -0.459. The first-order valence-corrected chi connectivity index (χ1v) is 9.40. The molecule has 0 saturated carbocycles. The van der Waals surface area contributed by atoms with Crippen molar-refractivity contribution in [3.63, 3.8) is 0 Å². The topological polar surface area (TPSA) is 73.4 Å². The van der Waals surface area contributed by atoms with Crippen molar-refractivity contribution >= 4 is 39.1 Å². The van der Waals surface area contributed by atoms with Gasteiger partial charge in [-0.3, -0.25) is 9.69 Å². The van der Waals surface area contributed by atoms with Crippen LogP contribution in [0.2, 0.25) is 5.02 Å². The Labute approximate surface area is 166 Å². The van der Waals surface area contributed by atoms with Gasteiger partial charge >= 0.3 is 0 Å². The van der Waals surface area contributed by atoms with Crippen LogP contribution in [-0.2, 0) is 4.79 Å². The monoisotopic (exact) mass is 432 g/mol. The number of nitriles is 1. The van der Waals surface area contributed by atoms with Gasteiger partial charge in [-0.2, -0.15) is 5.26 Å². The van der Waals surface area contributed by atoms with E-state index in [2.05, 4.69) is 31.8 Å². The minimum absolute atomic E-state index is 0.361. The molecule has 1 unspecified atom stereocenters. The summed E-state index contributed by atoms with van der Waals surface area (Å²) in [5, 5.41) is 9.63. The predicted octanol–water partition coefficient (Wildman–Crippen LogP) is 3.32. The highest BCUT2D eigenvalue weighted by Crippen LogP contribution is 2.30. The van der Waals surface area contributed by atoms with Crippen molar-refractivity contribution in [2.24, 2.45) is 5.73 Å². The van der Waals surface area contributed by atoms with Gasteiger partial charge in [-0.25, -0.2) is 0 Å². The molecule has 1 fully saturated rings. The van der Waals surface area contributed by atoms with Gasteiger partial charge in [0.25, 0.3) is 0 Å². The number of rotatable bonds is 4. The average molecular weight is 434 g/mol. The van der Waals surface area contributed by atoms with Crippen LogP contribution in [0.15, 0.2) is 46.9 Å². The molecule has 2 aromatic rings. The number of nitrogens with two attached hydrogens (primary N) is 1. The van der Waals surface area contributed by atoms with Gasteiger partial charge in [-0.05, 0) is 51.8 Å². The maximum Gasteiger partial charge on any atom is 0.239 e. The Bertz CT molecular complexity index is 842. The fourth-order valence-electron chi connectivity index (χ4n) is 3.25. The fraction of sp³-hybridized carbons (Fsp3) is 0.263. The molecule has 3 rings (SSSR count). The third-order valence-corrected chi connectivity index (χ3v) is 5.44. The number of piperazine rings is 1. The SMILES string of the molecule is N#Cc1ccc(N2CCN(C(C(N)=O)c3ccc(Cl)cc3)CC2)c(Br)c1. The van der Waals surface area contributed by atoms with E-state index in [4.69, 9.17) is 22.6 Å². The quantitative estimate of drug-likeness (QED) is 0.803. The first-order chi connectivity index (χ1) is 12.5. The first-order valence-electron chi connectivity index (χ1n) is 8.23. The lowest BCUT2D eigenvalue weighted by atomic mass is 10.0. The van der Waals surface area contributed by atoms with Crippen molar-refractivity contribution < 1.29 is 4.79 Å². The Morgan fingerprint density at radius 3 is 2.35 bits per heavy atom. The number of primary amides is 1. The number of nitrogens with zero attached hydrogens (tertiary/aromatic N) is 3. The molecule has 0 radical (unpaired) electrons. The van der Waals surface area contributed by atoms with Crippen LogP contribution in [0.5, 0.6) is 0 Å². The maximum atomic E-state index is 12.1. The summed E-state index contributed by atoms with van der Waals surface area (Å²) in [7, 11) is 0. The van der Waals surface area contributed by atoms with Crippen molar-refractivity contribution in [1.29, 1.82) is 5.26 Å². The molecule has 0 bridgehead atoms. The highest BCUT2D eigenvalue weighted by molar-refractivity contribution is 9.10. The normalized spacial score (nSPS) is 16.1. The van der Waals surface area contributed by atoms with Gasteiger partial charge in [0.05, 0.1) is 17.3 Å². The summed E-state index contributed by atoms with van der Waals surface area (Å²) in [6, 6.07) is 14.5. The molecule has 1 amide bonds. The zero-order valence-corrected chi connectivity index (χ0v) is 16.4. The van der Waals surface area contributed by atoms with Crippen LogP contribution in [0.25, 0.3) is 0 Å². The lowest BCUT2D eigenvalue weighted by molar-refractivity contribution is -0.123. The van der Waals surface area contributed by atoms with Crippen LogP contribution in [0.4, 0.5) is 5.69 Å². The molecular formula is C19H18BrClN4O. The van der Waals surface area contributed by atoms with E-state index in [1.54, 1.807) is 12.1 Å². The Hall–Kier alpha value is -2.07. The molecule has 0 aliphatic carbocycles. The third kappa shape index (κ3) is 4.01. The number of halogens is 2. The third-order valence-electron chi connectivity index (χ3n) is 4.55. The zero-order chi connectivity index (χ0) is 18.7. The van der Waals surface area contributed by atoms with E-state index in [1.165, 1.54) is 0 Å². The van der Waals surface area contributed by atoms with Gasteiger partial charge in [0.1, 0.15) is 6.04 Å². The lowest BCUT2D eigenvalue weighted by Gasteiger charge is -2.39. The highest BCUT2D eigenvalue weighted by atomic mass is 79.9. The molecule has 2 N–H and O–H groups in total. The lowest BCUT2D eigenvalue weighted by Crippen LogP contribution is -2.50. The summed E-state index contributed by atoms with van der Waals surface area (Å²) in [4.78, 5) is 16.4. The molecule has 7 heteroatoms. The highest BCUT2D eigenvalue weighted by Gasteiger charge is 2.29. The first kappa shape index (κ1) is 18.7. The minimum Gasteiger partial charge on any atom is -0.368 e. The number of carbonyl (C=O) groups is 1. The summed E-state index contributed by atoms with van der Waals surface area (Å²) < 4.78 is 0.897. The number of carbonyl (C=O) groups excluding carboxylic acids is 1. The van der Waals surface area contributed by atoms with Crippen molar-refractivity contribution in [2.45, 2.75) is 6.04 Å². The second-order valence-corrected chi connectivity index (χ2v) is 7.45. The van der Waals surface area contributed by atoms with Gasteiger partial charge in [0, 0.05) is 35.7 Å². The van der Waals surface area contributed by atoms with Crippen LogP contribution in [0, 0.1) is 11.3 Å². The number of hydrogen-bond donors (Lipinski definition) is 1. The van der Waals surface area contributed by atoms with Gasteiger partial charge in [-0.1, -0.05) is 23.7 Å². The molecule has 1 saturated heterocycles. The molecule has 2 aromatic carbocycles. The van der Waals surface area contributed by atoms with E-state index < -0.39 is 6.04 Å². The number of benzene rings is 2. The van der Waals surface area contributed by atoms with Crippen LogP contribution in [-0.4, -0.2) is 37.0 Å². The Balaban J connectivity index is 1.73. The molecule has 0 spiro atoms. The summed E-state index contributed by atoms with van der Waals surface area (Å²) in [6.45, 7) is 2.95. The van der Waals surface area contributed by atoms with E-state index in [-0.39, 0.29) is 5.91 Å². The van der Waals surface area contributed by atoms with Crippen molar-refractivity contribution in [2.75, 3.05) is 31.1 Å². The predicted molar refractivity (Wildman–Crippen MR) is 106 cm³/mol. The molecule has 1 aliphatic rings. The molecule has 0 aromatic heterocycles. The number of anilines is 1. The standard InChI is InChI=1S/C19H18BrClN4O/c20-16-11-13(12-22)1-6-17(16)24-7-9-25(10-8-24)18(19(23)26)14-2-4-15(21)5-3-14/h1-6,11,18H,7-10H2,(H2,23,26). The summed E-state index contributed by atoms with van der Waals surface area (Å²) in [6.07, 6.45) is 0. The smallest absolute Gasteiger partial charge is 0.239 e. The second kappa shape index (κ2) is 8.09. The molecular weight excluding hydrogens is 416 g/mol.